The third kappa shape index (κ3) is 3.54. The van der Waals surface area contributed by atoms with E-state index in [4.69, 9.17) is 9.15 Å². The highest BCUT2D eigenvalue weighted by atomic mass is 16.5. The molecule has 0 unspecified atom stereocenters. The lowest BCUT2D eigenvalue weighted by molar-refractivity contribution is 0.413. The molecule has 1 aliphatic heterocycles. The molecule has 1 fully saturated rings. The predicted molar refractivity (Wildman–Crippen MR) is 98.6 cm³/mol. The summed E-state index contributed by atoms with van der Waals surface area (Å²) >= 11 is 0. The molecule has 0 amide bonds. The summed E-state index contributed by atoms with van der Waals surface area (Å²) in [4.78, 5) is 15.3. The number of aryl methyl sites for hydroxylation is 1. The van der Waals surface area contributed by atoms with Gasteiger partial charge in [0.1, 0.15) is 23.7 Å². The van der Waals surface area contributed by atoms with E-state index in [0.29, 0.717) is 12.3 Å². The van der Waals surface area contributed by atoms with Gasteiger partial charge in [-0.25, -0.2) is 15.0 Å². The Labute approximate surface area is 152 Å². The second-order valence-electron chi connectivity index (χ2n) is 6.64. The normalized spacial score (nSPS) is 16.8. The first-order chi connectivity index (χ1) is 12.7. The van der Waals surface area contributed by atoms with Crippen LogP contribution in [0.4, 0.5) is 5.82 Å². The maximum atomic E-state index is 6.04. The van der Waals surface area contributed by atoms with Gasteiger partial charge >= 0.3 is 0 Å². The molecule has 6 nitrogen and oxygen atoms in total. The number of methoxy groups -OCH3 is 1. The molecule has 3 aromatic rings. The monoisotopic (exact) mass is 350 g/mol. The highest BCUT2D eigenvalue weighted by Gasteiger charge is 2.28. The molecule has 2 aromatic heterocycles. The fraction of sp³-hybridized carbons (Fsp3) is 0.350. The van der Waals surface area contributed by atoms with Crippen molar-refractivity contribution in [3.8, 4) is 5.75 Å². The summed E-state index contributed by atoms with van der Waals surface area (Å²) in [6.45, 7) is 3.81. The maximum Gasteiger partial charge on any atom is 0.199 e. The lowest BCUT2D eigenvalue weighted by Crippen LogP contribution is -2.20. The Bertz CT molecular complexity index is 893. The van der Waals surface area contributed by atoms with Gasteiger partial charge in [-0.2, -0.15) is 0 Å². The van der Waals surface area contributed by atoms with Crippen molar-refractivity contribution in [3.63, 3.8) is 0 Å². The topological polar surface area (TPSA) is 64.3 Å². The lowest BCUT2D eigenvalue weighted by atomic mass is 10.1. The number of nitrogens with zero attached hydrogens (tertiary/aromatic N) is 4. The first kappa shape index (κ1) is 16.6. The zero-order chi connectivity index (χ0) is 17.9. The molecule has 1 aliphatic rings. The van der Waals surface area contributed by atoms with Gasteiger partial charge in [0, 0.05) is 31.3 Å². The van der Waals surface area contributed by atoms with Gasteiger partial charge in [0.05, 0.1) is 19.2 Å². The van der Waals surface area contributed by atoms with E-state index in [1.807, 2.05) is 37.4 Å². The molecule has 1 saturated heterocycles. The number of ether oxygens (including phenoxy) is 1. The van der Waals surface area contributed by atoms with Crippen molar-refractivity contribution in [2.24, 2.45) is 0 Å². The smallest absolute Gasteiger partial charge is 0.199 e. The SMILES string of the molecule is COc1cccc(Cc2cnc([C@@H]3CCN(c4cc(C)ncn4)C3)o2)c1. The summed E-state index contributed by atoms with van der Waals surface area (Å²) in [5, 5.41) is 0. The van der Waals surface area contributed by atoms with Crippen molar-refractivity contribution in [2.45, 2.75) is 25.7 Å². The van der Waals surface area contributed by atoms with Crippen LogP contribution in [0.15, 0.2) is 47.3 Å². The number of benzene rings is 1. The van der Waals surface area contributed by atoms with Crippen LogP contribution in [-0.4, -0.2) is 35.2 Å². The highest BCUT2D eigenvalue weighted by molar-refractivity contribution is 5.40. The van der Waals surface area contributed by atoms with Gasteiger partial charge in [-0.1, -0.05) is 12.1 Å². The van der Waals surface area contributed by atoms with E-state index in [1.54, 1.807) is 13.4 Å². The number of anilines is 1. The molecule has 0 spiro atoms. The van der Waals surface area contributed by atoms with E-state index in [2.05, 4.69) is 25.9 Å². The summed E-state index contributed by atoms with van der Waals surface area (Å²) < 4.78 is 11.3. The van der Waals surface area contributed by atoms with Crippen LogP contribution in [0.3, 0.4) is 0 Å². The van der Waals surface area contributed by atoms with Crippen molar-refractivity contribution in [2.75, 3.05) is 25.1 Å². The van der Waals surface area contributed by atoms with Crippen molar-refractivity contribution >= 4 is 5.82 Å². The molecule has 1 aromatic carbocycles. The van der Waals surface area contributed by atoms with Gasteiger partial charge in [0.2, 0.25) is 0 Å². The van der Waals surface area contributed by atoms with Crippen LogP contribution in [0.5, 0.6) is 5.75 Å². The van der Waals surface area contributed by atoms with E-state index in [-0.39, 0.29) is 0 Å². The average Bonchev–Trinajstić information content (AvgIpc) is 3.31. The molecule has 0 bridgehead atoms. The Kier molecular flexibility index (Phi) is 4.56. The second kappa shape index (κ2) is 7.15. The Morgan fingerprint density at radius 1 is 1.23 bits per heavy atom. The van der Waals surface area contributed by atoms with Gasteiger partial charge in [0.25, 0.3) is 0 Å². The largest absolute Gasteiger partial charge is 0.497 e. The van der Waals surface area contributed by atoms with Gasteiger partial charge in [-0.3, -0.25) is 0 Å². The number of aromatic nitrogens is 3. The molecular formula is C20H22N4O2. The Morgan fingerprint density at radius 3 is 3.00 bits per heavy atom. The summed E-state index contributed by atoms with van der Waals surface area (Å²) in [7, 11) is 1.68. The van der Waals surface area contributed by atoms with Gasteiger partial charge in [0.15, 0.2) is 5.89 Å². The third-order valence-corrected chi connectivity index (χ3v) is 4.73. The first-order valence-corrected chi connectivity index (χ1v) is 8.82. The van der Waals surface area contributed by atoms with E-state index < -0.39 is 0 Å². The zero-order valence-electron chi connectivity index (χ0n) is 15.1. The van der Waals surface area contributed by atoms with Crippen molar-refractivity contribution in [1.29, 1.82) is 0 Å². The van der Waals surface area contributed by atoms with Crippen LogP contribution < -0.4 is 9.64 Å². The molecule has 134 valence electrons. The molecule has 26 heavy (non-hydrogen) atoms. The zero-order valence-corrected chi connectivity index (χ0v) is 15.1. The van der Waals surface area contributed by atoms with Crippen LogP contribution in [-0.2, 0) is 6.42 Å². The summed E-state index contributed by atoms with van der Waals surface area (Å²) in [6.07, 6.45) is 5.19. The highest BCUT2D eigenvalue weighted by Crippen LogP contribution is 2.30. The van der Waals surface area contributed by atoms with Crippen LogP contribution in [0.2, 0.25) is 0 Å². The van der Waals surface area contributed by atoms with Crippen molar-refractivity contribution in [1.82, 2.24) is 15.0 Å². The summed E-state index contributed by atoms with van der Waals surface area (Å²) in [5.74, 6) is 3.82. The maximum absolute atomic E-state index is 6.04. The molecule has 0 aliphatic carbocycles. The molecule has 0 N–H and O–H groups in total. The predicted octanol–water partition coefficient (Wildman–Crippen LogP) is 3.37. The standard InChI is InChI=1S/C20H22N4O2/c1-14-8-19(23-13-22-14)24-7-6-16(12-24)20-21-11-18(26-20)10-15-4-3-5-17(9-15)25-2/h3-5,8-9,11,13,16H,6-7,10,12H2,1-2H3/t16-/m1/s1. The van der Waals surface area contributed by atoms with Gasteiger partial charge < -0.3 is 14.1 Å². The van der Waals surface area contributed by atoms with Crippen LogP contribution in [0.25, 0.3) is 0 Å². The summed E-state index contributed by atoms with van der Waals surface area (Å²) in [6, 6.07) is 10.0. The average molecular weight is 350 g/mol. The quantitative estimate of drug-likeness (QED) is 0.703. The number of rotatable bonds is 5. The summed E-state index contributed by atoms with van der Waals surface area (Å²) in [5.41, 5.74) is 2.13. The molecule has 3 heterocycles. The fourth-order valence-electron chi connectivity index (χ4n) is 3.36. The molecule has 0 radical (unpaired) electrons. The van der Waals surface area contributed by atoms with Crippen molar-refractivity contribution < 1.29 is 9.15 Å². The van der Waals surface area contributed by atoms with E-state index in [9.17, 15) is 0 Å². The second-order valence-corrected chi connectivity index (χ2v) is 6.64. The molecule has 0 saturated carbocycles. The van der Waals surface area contributed by atoms with Crippen molar-refractivity contribution in [3.05, 3.63) is 65.8 Å². The van der Waals surface area contributed by atoms with Crippen LogP contribution >= 0.6 is 0 Å². The Balaban J connectivity index is 1.43. The Hall–Kier alpha value is -2.89. The lowest BCUT2D eigenvalue weighted by Gasteiger charge is -2.16. The molecule has 1 atom stereocenters. The van der Waals surface area contributed by atoms with Crippen LogP contribution in [0, 0.1) is 6.92 Å². The van der Waals surface area contributed by atoms with Gasteiger partial charge in [-0.15, -0.1) is 0 Å². The molecular weight excluding hydrogens is 328 g/mol. The minimum Gasteiger partial charge on any atom is -0.497 e. The molecule has 6 heteroatoms. The number of hydrogen-bond donors (Lipinski definition) is 0. The number of hydrogen-bond acceptors (Lipinski definition) is 6. The molecule has 4 rings (SSSR count). The first-order valence-electron chi connectivity index (χ1n) is 8.82. The van der Waals surface area contributed by atoms with E-state index >= 15 is 0 Å². The van der Waals surface area contributed by atoms with Crippen LogP contribution in [0.1, 0.15) is 35.2 Å². The third-order valence-electron chi connectivity index (χ3n) is 4.73. The Morgan fingerprint density at radius 2 is 2.15 bits per heavy atom. The number of oxazole rings is 1. The van der Waals surface area contributed by atoms with Gasteiger partial charge in [-0.05, 0) is 31.0 Å². The fourth-order valence-corrected chi connectivity index (χ4v) is 3.36. The van der Waals surface area contributed by atoms with E-state index in [0.717, 1.165) is 54.0 Å². The minimum atomic E-state index is 0.296. The van der Waals surface area contributed by atoms with E-state index in [1.165, 1.54) is 0 Å². The minimum absolute atomic E-state index is 0.296.